The first-order valence-electron chi connectivity index (χ1n) is 7.71. The van der Waals surface area contributed by atoms with E-state index in [0.717, 1.165) is 33.4 Å². The van der Waals surface area contributed by atoms with Crippen LogP contribution in [0.4, 0.5) is 5.82 Å². The molecule has 3 aromatic heterocycles. The van der Waals surface area contributed by atoms with E-state index in [1.807, 2.05) is 51.5 Å². The van der Waals surface area contributed by atoms with Gasteiger partial charge in [0.15, 0.2) is 0 Å². The van der Waals surface area contributed by atoms with E-state index in [0.29, 0.717) is 12.1 Å². The van der Waals surface area contributed by atoms with E-state index in [9.17, 15) is 5.11 Å². The Morgan fingerprint density at radius 1 is 1.04 bits per heavy atom. The second-order valence-electron chi connectivity index (χ2n) is 5.58. The lowest BCUT2D eigenvalue weighted by molar-refractivity contribution is 0.169. The third-order valence-corrected chi connectivity index (χ3v) is 4.00. The first-order chi connectivity index (χ1) is 11.1. The number of hydrogen-bond acceptors (Lipinski definition) is 5. The zero-order chi connectivity index (χ0) is 16.4. The van der Waals surface area contributed by atoms with Crippen molar-refractivity contribution in [1.29, 1.82) is 0 Å². The molecule has 0 aliphatic rings. The highest BCUT2D eigenvalue weighted by Gasteiger charge is 2.11. The van der Waals surface area contributed by atoms with E-state index in [4.69, 9.17) is 0 Å². The summed E-state index contributed by atoms with van der Waals surface area (Å²) in [5.41, 5.74) is 3.58. The summed E-state index contributed by atoms with van der Waals surface area (Å²) in [6.45, 7) is 3.95. The molecule has 0 fully saturated rings. The summed E-state index contributed by atoms with van der Waals surface area (Å²) in [5, 5.41) is 15.0. The fraction of sp³-hybridized carbons (Fsp3) is 0.278. The maximum Gasteiger partial charge on any atom is 0.126 e. The average Bonchev–Trinajstić information content (AvgIpc) is 2.60. The lowest BCUT2D eigenvalue weighted by Gasteiger charge is -2.11. The molecule has 0 radical (unpaired) electrons. The predicted octanol–water partition coefficient (Wildman–Crippen LogP) is 3.49. The fourth-order valence-electron chi connectivity index (χ4n) is 2.56. The molecule has 0 bridgehead atoms. The molecular weight excluding hydrogens is 288 g/mol. The Hall–Kier alpha value is -2.53. The molecule has 0 aliphatic heterocycles. The quantitative estimate of drug-likeness (QED) is 0.772. The number of aromatic nitrogens is 3. The summed E-state index contributed by atoms with van der Waals surface area (Å²) in [4.78, 5) is 13.3. The molecule has 3 rings (SSSR count). The van der Waals surface area contributed by atoms with E-state index in [1.165, 1.54) is 0 Å². The van der Waals surface area contributed by atoms with Gasteiger partial charge in [-0.05, 0) is 37.1 Å². The van der Waals surface area contributed by atoms with Gasteiger partial charge < -0.3 is 10.4 Å². The van der Waals surface area contributed by atoms with Gasteiger partial charge >= 0.3 is 0 Å². The first kappa shape index (κ1) is 15.4. The van der Waals surface area contributed by atoms with Gasteiger partial charge in [-0.2, -0.15) is 0 Å². The monoisotopic (exact) mass is 308 g/mol. The highest BCUT2D eigenvalue weighted by atomic mass is 16.3. The van der Waals surface area contributed by atoms with Crippen LogP contribution in [0.2, 0.25) is 0 Å². The van der Waals surface area contributed by atoms with Gasteiger partial charge in [0.25, 0.3) is 0 Å². The third kappa shape index (κ3) is 3.00. The highest BCUT2D eigenvalue weighted by molar-refractivity contribution is 5.86. The van der Waals surface area contributed by atoms with Crippen molar-refractivity contribution in [2.45, 2.75) is 26.4 Å². The Morgan fingerprint density at radius 2 is 1.78 bits per heavy atom. The molecule has 23 heavy (non-hydrogen) atoms. The molecule has 0 saturated carbocycles. The summed E-state index contributed by atoms with van der Waals surface area (Å²) >= 11 is 0. The molecule has 0 aromatic carbocycles. The van der Waals surface area contributed by atoms with E-state index in [1.54, 1.807) is 6.20 Å². The van der Waals surface area contributed by atoms with Gasteiger partial charge in [0.1, 0.15) is 5.82 Å². The normalized spacial score (nSPS) is 12.3. The number of aryl methyl sites for hydroxylation is 1. The Labute approximate surface area is 135 Å². The molecule has 0 spiro atoms. The van der Waals surface area contributed by atoms with Crippen molar-refractivity contribution < 1.29 is 5.11 Å². The van der Waals surface area contributed by atoms with Gasteiger partial charge in [0.05, 0.1) is 17.5 Å². The summed E-state index contributed by atoms with van der Waals surface area (Å²) in [5.74, 6) is 0.822. The maximum atomic E-state index is 9.91. The number of nitrogens with one attached hydrogen (secondary N) is 1. The van der Waals surface area contributed by atoms with Crippen molar-refractivity contribution in [2.75, 3.05) is 12.4 Å². The van der Waals surface area contributed by atoms with Crippen LogP contribution < -0.4 is 5.32 Å². The van der Waals surface area contributed by atoms with Gasteiger partial charge in [0, 0.05) is 42.0 Å². The molecule has 2 N–H and O–H groups in total. The van der Waals surface area contributed by atoms with Gasteiger partial charge in [-0.25, -0.2) is 4.98 Å². The summed E-state index contributed by atoms with van der Waals surface area (Å²) in [6, 6.07) is 5.91. The second-order valence-corrected chi connectivity index (χ2v) is 5.58. The van der Waals surface area contributed by atoms with E-state index in [2.05, 4.69) is 20.3 Å². The molecule has 0 saturated heterocycles. The van der Waals surface area contributed by atoms with Crippen LogP contribution in [0.3, 0.4) is 0 Å². The SMILES string of the molecule is CC[C@@H](O)c1cc(C)c(-c2cc3cnc(NC)cc3cn2)cn1. The lowest BCUT2D eigenvalue weighted by Crippen LogP contribution is -2.00. The zero-order valence-electron chi connectivity index (χ0n) is 13.5. The topological polar surface area (TPSA) is 70.9 Å². The van der Waals surface area contributed by atoms with Crippen LogP contribution in [0.15, 0.2) is 36.8 Å². The molecule has 0 unspecified atom stereocenters. The lowest BCUT2D eigenvalue weighted by atomic mass is 10.0. The smallest absolute Gasteiger partial charge is 0.126 e. The van der Waals surface area contributed by atoms with Crippen molar-refractivity contribution in [2.24, 2.45) is 0 Å². The Bertz CT molecular complexity index is 848. The summed E-state index contributed by atoms with van der Waals surface area (Å²) < 4.78 is 0. The number of anilines is 1. The number of fused-ring (bicyclic) bond motifs is 1. The second kappa shape index (κ2) is 6.30. The molecule has 3 heterocycles. The molecular formula is C18H20N4O. The van der Waals surface area contributed by atoms with Crippen LogP contribution in [-0.2, 0) is 0 Å². The van der Waals surface area contributed by atoms with Crippen LogP contribution in [0.5, 0.6) is 0 Å². The first-order valence-corrected chi connectivity index (χ1v) is 7.71. The van der Waals surface area contributed by atoms with Crippen molar-refractivity contribution in [3.8, 4) is 11.3 Å². The van der Waals surface area contributed by atoms with Gasteiger partial charge in [-0.1, -0.05) is 6.92 Å². The third-order valence-electron chi connectivity index (χ3n) is 4.00. The molecule has 3 aromatic rings. The molecule has 5 nitrogen and oxygen atoms in total. The number of rotatable bonds is 4. The molecule has 118 valence electrons. The minimum atomic E-state index is -0.517. The standard InChI is InChI=1S/C18H20N4O/c1-4-17(23)16-5-11(2)14(10-21-16)15-6-12-9-22-18(19-3)7-13(12)8-20-15/h5-10,17,23H,4H2,1-3H3,(H,19,22)/t17-/m1/s1. The molecule has 0 amide bonds. The zero-order valence-corrected chi connectivity index (χ0v) is 13.5. The maximum absolute atomic E-state index is 9.91. The van der Waals surface area contributed by atoms with E-state index in [-0.39, 0.29) is 0 Å². The predicted molar refractivity (Wildman–Crippen MR) is 92.3 cm³/mol. The van der Waals surface area contributed by atoms with Crippen LogP contribution in [0.25, 0.3) is 22.0 Å². The van der Waals surface area contributed by atoms with Gasteiger partial charge in [-0.15, -0.1) is 0 Å². The van der Waals surface area contributed by atoms with Crippen molar-refractivity contribution in [1.82, 2.24) is 15.0 Å². The summed E-state index contributed by atoms with van der Waals surface area (Å²) in [6.07, 6.45) is 5.61. The van der Waals surface area contributed by atoms with Crippen LogP contribution >= 0.6 is 0 Å². The minimum absolute atomic E-state index is 0.517. The van der Waals surface area contributed by atoms with Gasteiger partial charge in [0.2, 0.25) is 0 Å². The minimum Gasteiger partial charge on any atom is -0.387 e. The molecule has 0 aliphatic carbocycles. The fourth-order valence-corrected chi connectivity index (χ4v) is 2.56. The van der Waals surface area contributed by atoms with Crippen LogP contribution in [0, 0.1) is 6.92 Å². The molecule has 5 heteroatoms. The number of aliphatic hydroxyl groups is 1. The Kier molecular flexibility index (Phi) is 4.21. The van der Waals surface area contributed by atoms with E-state index >= 15 is 0 Å². The number of pyridine rings is 3. The average molecular weight is 308 g/mol. The van der Waals surface area contributed by atoms with Crippen LogP contribution in [0.1, 0.15) is 30.7 Å². The van der Waals surface area contributed by atoms with Crippen molar-refractivity contribution in [3.63, 3.8) is 0 Å². The van der Waals surface area contributed by atoms with Crippen molar-refractivity contribution in [3.05, 3.63) is 48.0 Å². The largest absolute Gasteiger partial charge is 0.387 e. The van der Waals surface area contributed by atoms with Crippen molar-refractivity contribution >= 4 is 16.6 Å². The number of aliphatic hydroxyl groups excluding tert-OH is 1. The van der Waals surface area contributed by atoms with Gasteiger partial charge in [-0.3, -0.25) is 9.97 Å². The highest BCUT2D eigenvalue weighted by Crippen LogP contribution is 2.26. The molecule has 1 atom stereocenters. The van der Waals surface area contributed by atoms with E-state index < -0.39 is 6.10 Å². The Morgan fingerprint density at radius 3 is 2.48 bits per heavy atom. The Balaban J connectivity index is 2.03. The number of hydrogen-bond donors (Lipinski definition) is 2. The van der Waals surface area contributed by atoms with Crippen LogP contribution in [-0.4, -0.2) is 27.1 Å². The summed E-state index contributed by atoms with van der Waals surface area (Å²) in [7, 11) is 1.84. The number of nitrogens with zero attached hydrogens (tertiary/aromatic N) is 3.